The maximum atomic E-state index is 14.3. The normalized spacial score (nSPS) is 10.8. The molecule has 0 aliphatic rings. The zero-order chi connectivity index (χ0) is 18.1. The SMILES string of the molecule is NC(=O)c1ccc(Oc2ccnc3[nH]cc(-c4ccccc4)c23)c(F)c1. The number of carbonyl (C=O) groups is 1. The molecule has 2 aromatic carbocycles. The van der Waals surface area contributed by atoms with Gasteiger partial charge in [0, 0.05) is 23.5 Å². The topological polar surface area (TPSA) is 81.0 Å². The van der Waals surface area contributed by atoms with Gasteiger partial charge in [-0.05, 0) is 29.8 Å². The minimum absolute atomic E-state index is 0.00251. The number of H-pyrrole nitrogens is 1. The van der Waals surface area contributed by atoms with Crippen LogP contribution in [0.25, 0.3) is 22.2 Å². The molecule has 0 radical (unpaired) electrons. The molecular formula is C20H14FN3O2. The van der Waals surface area contributed by atoms with Gasteiger partial charge in [-0.1, -0.05) is 30.3 Å². The number of hydrogen-bond donors (Lipinski definition) is 2. The van der Waals surface area contributed by atoms with Crippen molar-refractivity contribution in [3.05, 3.63) is 78.4 Å². The molecule has 2 heterocycles. The van der Waals surface area contributed by atoms with Crippen molar-refractivity contribution in [2.24, 2.45) is 5.73 Å². The van der Waals surface area contributed by atoms with Gasteiger partial charge in [0.05, 0.1) is 5.39 Å². The van der Waals surface area contributed by atoms with Crippen LogP contribution in [0, 0.1) is 5.82 Å². The number of nitrogens with two attached hydrogens (primary N) is 1. The van der Waals surface area contributed by atoms with Crippen LogP contribution in [0.3, 0.4) is 0 Å². The summed E-state index contributed by atoms with van der Waals surface area (Å²) in [6.07, 6.45) is 3.42. The van der Waals surface area contributed by atoms with Gasteiger partial charge in [0.25, 0.3) is 0 Å². The Hall–Kier alpha value is -3.67. The summed E-state index contributed by atoms with van der Waals surface area (Å²) in [4.78, 5) is 18.6. The summed E-state index contributed by atoms with van der Waals surface area (Å²) in [5.41, 5.74) is 7.78. The summed E-state index contributed by atoms with van der Waals surface area (Å²) in [6.45, 7) is 0. The van der Waals surface area contributed by atoms with E-state index >= 15 is 0 Å². The molecule has 4 aromatic rings. The third kappa shape index (κ3) is 2.77. The number of benzene rings is 2. The number of carbonyl (C=O) groups excluding carboxylic acids is 1. The van der Waals surface area contributed by atoms with Crippen molar-refractivity contribution in [1.29, 1.82) is 0 Å². The first-order chi connectivity index (χ1) is 12.6. The molecule has 3 N–H and O–H groups in total. The number of hydrogen-bond acceptors (Lipinski definition) is 3. The fourth-order valence-electron chi connectivity index (χ4n) is 2.81. The Morgan fingerprint density at radius 1 is 1.08 bits per heavy atom. The van der Waals surface area contributed by atoms with Gasteiger partial charge in [0.1, 0.15) is 11.4 Å². The maximum absolute atomic E-state index is 14.3. The number of halogens is 1. The van der Waals surface area contributed by atoms with Gasteiger partial charge < -0.3 is 15.5 Å². The smallest absolute Gasteiger partial charge is 0.248 e. The van der Waals surface area contributed by atoms with Gasteiger partial charge >= 0.3 is 0 Å². The molecule has 0 bridgehead atoms. The lowest BCUT2D eigenvalue weighted by Crippen LogP contribution is -2.11. The fourth-order valence-corrected chi connectivity index (χ4v) is 2.81. The maximum Gasteiger partial charge on any atom is 0.248 e. The summed E-state index contributed by atoms with van der Waals surface area (Å²) >= 11 is 0. The second kappa shape index (κ2) is 6.33. The van der Waals surface area contributed by atoms with E-state index in [9.17, 15) is 9.18 Å². The van der Waals surface area contributed by atoms with Crippen LogP contribution in [-0.4, -0.2) is 15.9 Å². The molecule has 5 nitrogen and oxygen atoms in total. The molecule has 0 unspecified atom stereocenters. The predicted molar refractivity (Wildman–Crippen MR) is 96.5 cm³/mol. The lowest BCUT2D eigenvalue weighted by atomic mass is 10.1. The van der Waals surface area contributed by atoms with Gasteiger partial charge in [-0.2, -0.15) is 0 Å². The van der Waals surface area contributed by atoms with Crippen LogP contribution in [0.4, 0.5) is 4.39 Å². The molecule has 0 saturated heterocycles. The Morgan fingerprint density at radius 3 is 2.62 bits per heavy atom. The van der Waals surface area contributed by atoms with Gasteiger partial charge in [0.2, 0.25) is 5.91 Å². The van der Waals surface area contributed by atoms with E-state index in [0.29, 0.717) is 11.4 Å². The molecule has 0 aliphatic heterocycles. The largest absolute Gasteiger partial charge is 0.453 e. The summed E-state index contributed by atoms with van der Waals surface area (Å²) in [7, 11) is 0. The van der Waals surface area contributed by atoms with Crippen molar-refractivity contribution in [3.8, 4) is 22.6 Å². The van der Waals surface area contributed by atoms with Crippen molar-refractivity contribution in [2.45, 2.75) is 0 Å². The summed E-state index contributed by atoms with van der Waals surface area (Å²) in [6, 6.07) is 15.3. The highest BCUT2D eigenvalue weighted by Gasteiger charge is 2.15. The highest BCUT2D eigenvalue weighted by atomic mass is 19.1. The second-order valence-corrected chi connectivity index (χ2v) is 5.71. The molecule has 0 spiro atoms. The summed E-state index contributed by atoms with van der Waals surface area (Å²) < 4.78 is 20.1. The minimum atomic E-state index is -0.696. The van der Waals surface area contributed by atoms with Crippen LogP contribution in [0.15, 0.2) is 67.0 Å². The average Bonchev–Trinajstić information content (AvgIpc) is 3.09. The molecule has 26 heavy (non-hydrogen) atoms. The molecule has 0 saturated carbocycles. The lowest BCUT2D eigenvalue weighted by Gasteiger charge is -2.10. The van der Waals surface area contributed by atoms with Crippen LogP contribution in [-0.2, 0) is 0 Å². The molecule has 128 valence electrons. The number of primary amides is 1. The Bertz CT molecular complexity index is 1110. The number of nitrogens with one attached hydrogen (secondary N) is 1. The Kier molecular flexibility index (Phi) is 3.85. The van der Waals surface area contributed by atoms with E-state index in [1.165, 1.54) is 12.1 Å². The van der Waals surface area contributed by atoms with Crippen LogP contribution in [0.1, 0.15) is 10.4 Å². The Labute approximate surface area is 148 Å². The van der Waals surface area contributed by atoms with Gasteiger partial charge in [0.15, 0.2) is 11.6 Å². The third-order valence-electron chi connectivity index (χ3n) is 4.06. The molecule has 1 amide bonds. The summed E-state index contributed by atoms with van der Waals surface area (Å²) in [5, 5.41) is 0.747. The van der Waals surface area contributed by atoms with Crippen LogP contribution in [0.5, 0.6) is 11.5 Å². The average molecular weight is 347 g/mol. The predicted octanol–water partition coefficient (Wildman–Crippen LogP) is 4.26. The first-order valence-electron chi connectivity index (χ1n) is 7.92. The number of nitrogens with zero attached hydrogens (tertiary/aromatic N) is 1. The minimum Gasteiger partial charge on any atom is -0.453 e. The molecule has 0 fully saturated rings. The van der Waals surface area contributed by atoms with Crippen LogP contribution < -0.4 is 10.5 Å². The number of pyridine rings is 1. The number of rotatable bonds is 4. The van der Waals surface area contributed by atoms with Crippen molar-refractivity contribution in [3.63, 3.8) is 0 Å². The Balaban J connectivity index is 1.80. The van der Waals surface area contributed by atoms with Crippen LogP contribution in [0.2, 0.25) is 0 Å². The van der Waals surface area contributed by atoms with Crippen LogP contribution >= 0.6 is 0 Å². The van der Waals surface area contributed by atoms with E-state index in [0.717, 1.165) is 22.6 Å². The van der Waals surface area contributed by atoms with Crippen molar-refractivity contribution in [2.75, 3.05) is 0 Å². The lowest BCUT2D eigenvalue weighted by molar-refractivity contribution is 0.1000. The van der Waals surface area contributed by atoms with Gasteiger partial charge in [-0.3, -0.25) is 4.79 Å². The van der Waals surface area contributed by atoms with Gasteiger partial charge in [-0.15, -0.1) is 0 Å². The Morgan fingerprint density at radius 2 is 1.88 bits per heavy atom. The summed E-state index contributed by atoms with van der Waals surface area (Å²) in [5.74, 6) is -0.898. The first-order valence-corrected chi connectivity index (χ1v) is 7.92. The van der Waals surface area contributed by atoms with E-state index in [1.807, 2.05) is 36.5 Å². The molecule has 6 heteroatoms. The van der Waals surface area contributed by atoms with Crippen molar-refractivity contribution >= 4 is 16.9 Å². The zero-order valence-corrected chi connectivity index (χ0v) is 13.6. The molecular weight excluding hydrogens is 333 g/mol. The highest BCUT2D eigenvalue weighted by Crippen LogP contribution is 2.37. The second-order valence-electron chi connectivity index (χ2n) is 5.71. The highest BCUT2D eigenvalue weighted by molar-refractivity contribution is 5.98. The standard InChI is InChI=1S/C20H14FN3O2/c21-15-10-13(19(22)25)6-7-16(15)26-17-8-9-23-20-18(17)14(11-24-20)12-4-2-1-3-5-12/h1-11H,(H2,22,25)(H,23,24). The van der Waals surface area contributed by atoms with E-state index in [-0.39, 0.29) is 11.3 Å². The molecule has 0 atom stereocenters. The number of ether oxygens (including phenoxy) is 1. The van der Waals surface area contributed by atoms with Gasteiger partial charge in [-0.25, -0.2) is 9.37 Å². The third-order valence-corrected chi connectivity index (χ3v) is 4.06. The number of aromatic nitrogens is 2. The van der Waals surface area contributed by atoms with Crippen molar-refractivity contribution in [1.82, 2.24) is 9.97 Å². The van der Waals surface area contributed by atoms with Crippen molar-refractivity contribution < 1.29 is 13.9 Å². The van der Waals surface area contributed by atoms with E-state index < -0.39 is 11.7 Å². The first kappa shape index (κ1) is 15.8. The van der Waals surface area contributed by atoms with E-state index in [2.05, 4.69) is 9.97 Å². The monoisotopic (exact) mass is 347 g/mol. The number of aromatic amines is 1. The zero-order valence-electron chi connectivity index (χ0n) is 13.6. The van der Waals surface area contributed by atoms with E-state index in [1.54, 1.807) is 12.3 Å². The quantitative estimate of drug-likeness (QED) is 0.579. The molecule has 4 rings (SSSR count). The molecule has 0 aliphatic carbocycles. The molecule has 2 aromatic heterocycles. The van der Waals surface area contributed by atoms with E-state index in [4.69, 9.17) is 10.5 Å². The number of fused-ring (bicyclic) bond motifs is 1. The fraction of sp³-hybridized carbons (Fsp3) is 0. The number of amides is 1.